The lowest BCUT2D eigenvalue weighted by molar-refractivity contribution is -0.145. The molecular formula is C13H10F2O2. The molecule has 0 amide bonds. The summed E-state index contributed by atoms with van der Waals surface area (Å²) in [6, 6.07) is 11.3. The third kappa shape index (κ3) is 2.41. The van der Waals surface area contributed by atoms with Crippen molar-refractivity contribution in [3.05, 3.63) is 48.0 Å². The van der Waals surface area contributed by atoms with E-state index in [2.05, 4.69) is 0 Å². The van der Waals surface area contributed by atoms with Gasteiger partial charge < -0.3 is 5.11 Å². The Morgan fingerprint density at radius 2 is 1.76 bits per heavy atom. The Labute approximate surface area is 96.5 Å². The number of hydrogen-bond acceptors (Lipinski definition) is 1. The zero-order valence-corrected chi connectivity index (χ0v) is 8.86. The standard InChI is InChI=1S/C13H10F2O2/c14-13(15,8-12(16)17)11-6-5-9-3-1-2-4-10(9)7-11/h1-7H,8H2,(H,16,17). The zero-order chi connectivity index (χ0) is 12.5. The van der Waals surface area contributed by atoms with Crippen LogP contribution in [-0.2, 0) is 10.7 Å². The SMILES string of the molecule is O=C(O)CC(F)(F)c1ccc2ccccc2c1. The van der Waals surface area contributed by atoms with Gasteiger partial charge in [0, 0.05) is 5.56 Å². The number of benzene rings is 2. The van der Waals surface area contributed by atoms with Gasteiger partial charge in [-0.05, 0) is 16.8 Å². The predicted molar refractivity (Wildman–Crippen MR) is 60.1 cm³/mol. The maximum Gasteiger partial charge on any atom is 0.309 e. The number of aliphatic carboxylic acids is 1. The van der Waals surface area contributed by atoms with Gasteiger partial charge >= 0.3 is 5.97 Å². The van der Waals surface area contributed by atoms with Gasteiger partial charge in [-0.1, -0.05) is 36.4 Å². The average Bonchev–Trinajstić information content (AvgIpc) is 2.26. The zero-order valence-electron chi connectivity index (χ0n) is 8.86. The summed E-state index contributed by atoms with van der Waals surface area (Å²) in [4.78, 5) is 10.4. The first-order valence-corrected chi connectivity index (χ1v) is 5.08. The monoisotopic (exact) mass is 236 g/mol. The number of alkyl halides is 2. The van der Waals surface area contributed by atoms with Gasteiger partial charge in [0.25, 0.3) is 5.92 Å². The molecule has 0 atom stereocenters. The molecule has 0 spiro atoms. The molecule has 88 valence electrons. The average molecular weight is 236 g/mol. The van der Waals surface area contributed by atoms with Crippen LogP contribution in [0.2, 0.25) is 0 Å². The van der Waals surface area contributed by atoms with Crippen LogP contribution in [0.5, 0.6) is 0 Å². The molecule has 0 fully saturated rings. The van der Waals surface area contributed by atoms with Crippen molar-refractivity contribution in [3.63, 3.8) is 0 Å². The van der Waals surface area contributed by atoms with E-state index >= 15 is 0 Å². The Hall–Kier alpha value is -1.97. The molecule has 0 aliphatic rings. The summed E-state index contributed by atoms with van der Waals surface area (Å²) < 4.78 is 27.1. The molecular weight excluding hydrogens is 226 g/mol. The number of carboxylic acids is 1. The van der Waals surface area contributed by atoms with E-state index in [4.69, 9.17) is 5.11 Å². The molecule has 2 nitrogen and oxygen atoms in total. The van der Waals surface area contributed by atoms with Crippen molar-refractivity contribution in [1.29, 1.82) is 0 Å². The molecule has 2 rings (SSSR count). The molecule has 2 aromatic rings. The smallest absolute Gasteiger partial charge is 0.309 e. The van der Waals surface area contributed by atoms with Gasteiger partial charge in [0.05, 0.1) is 0 Å². The highest BCUT2D eigenvalue weighted by Gasteiger charge is 2.34. The van der Waals surface area contributed by atoms with Crippen molar-refractivity contribution in [2.45, 2.75) is 12.3 Å². The van der Waals surface area contributed by atoms with Crippen molar-refractivity contribution >= 4 is 16.7 Å². The Kier molecular flexibility index (Phi) is 2.79. The molecule has 0 bridgehead atoms. The summed E-state index contributed by atoms with van der Waals surface area (Å²) in [5.41, 5.74) is -0.265. The van der Waals surface area contributed by atoms with Gasteiger partial charge in [-0.3, -0.25) is 4.79 Å². The van der Waals surface area contributed by atoms with E-state index in [9.17, 15) is 13.6 Å². The van der Waals surface area contributed by atoms with Crippen LogP contribution in [-0.4, -0.2) is 11.1 Å². The first kappa shape index (κ1) is 11.5. The first-order chi connectivity index (χ1) is 7.99. The van der Waals surface area contributed by atoms with Crippen LogP contribution in [0, 0.1) is 0 Å². The maximum absolute atomic E-state index is 13.6. The fourth-order valence-electron chi connectivity index (χ4n) is 1.71. The molecule has 0 saturated heterocycles. The Bertz CT molecular complexity index is 564. The summed E-state index contributed by atoms with van der Waals surface area (Å²) in [5.74, 6) is -4.85. The molecule has 0 radical (unpaired) electrons. The lowest BCUT2D eigenvalue weighted by Gasteiger charge is -2.14. The Morgan fingerprint density at radius 3 is 2.41 bits per heavy atom. The van der Waals surface area contributed by atoms with Gasteiger partial charge in [-0.25, -0.2) is 8.78 Å². The lowest BCUT2D eigenvalue weighted by atomic mass is 10.0. The highest BCUT2D eigenvalue weighted by atomic mass is 19.3. The van der Waals surface area contributed by atoms with Crippen molar-refractivity contribution in [2.24, 2.45) is 0 Å². The first-order valence-electron chi connectivity index (χ1n) is 5.08. The van der Waals surface area contributed by atoms with Crippen molar-refractivity contribution < 1.29 is 18.7 Å². The van der Waals surface area contributed by atoms with Crippen LogP contribution in [0.15, 0.2) is 42.5 Å². The molecule has 0 aliphatic heterocycles. The number of carboxylic acid groups (broad SMARTS) is 1. The van der Waals surface area contributed by atoms with Gasteiger partial charge in [-0.2, -0.15) is 0 Å². The third-order valence-electron chi connectivity index (χ3n) is 2.55. The number of rotatable bonds is 3. The van der Waals surface area contributed by atoms with E-state index in [0.29, 0.717) is 5.39 Å². The van der Waals surface area contributed by atoms with Crippen LogP contribution in [0.1, 0.15) is 12.0 Å². The quantitative estimate of drug-likeness (QED) is 0.886. The van der Waals surface area contributed by atoms with Crippen LogP contribution in [0.4, 0.5) is 8.78 Å². The summed E-state index contributed by atoms with van der Waals surface area (Å²) in [6.07, 6.45) is -1.19. The highest BCUT2D eigenvalue weighted by molar-refractivity contribution is 5.83. The summed E-state index contributed by atoms with van der Waals surface area (Å²) in [6.45, 7) is 0. The molecule has 0 aromatic heterocycles. The second kappa shape index (κ2) is 4.13. The van der Waals surface area contributed by atoms with Crippen LogP contribution in [0.3, 0.4) is 0 Å². The topological polar surface area (TPSA) is 37.3 Å². The molecule has 0 saturated carbocycles. The van der Waals surface area contributed by atoms with E-state index in [0.717, 1.165) is 5.39 Å². The molecule has 0 heterocycles. The number of carbonyl (C=O) groups is 1. The molecule has 17 heavy (non-hydrogen) atoms. The van der Waals surface area contributed by atoms with Gasteiger partial charge in [0.15, 0.2) is 0 Å². The van der Waals surface area contributed by atoms with Gasteiger partial charge in [-0.15, -0.1) is 0 Å². The largest absolute Gasteiger partial charge is 0.481 e. The summed E-state index contributed by atoms with van der Waals surface area (Å²) in [7, 11) is 0. The van der Waals surface area contributed by atoms with E-state index in [1.165, 1.54) is 12.1 Å². The molecule has 0 unspecified atom stereocenters. The normalized spacial score (nSPS) is 11.6. The maximum atomic E-state index is 13.6. The number of hydrogen-bond donors (Lipinski definition) is 1. The molecule has 4 heteroatoms. The Morgan fingerprint density at radius 1 is 1.12 bits per heavy atom. The van der Waals surface area contributed by atoms with Crippen LogP contribution in [0.25, 0.3) is 10.8 Å². The summed E-state index contributed by atoms with van der Waals surface area (Å²) >= 11 is 0. The van der Waals surface area contributed by atoms with E-state index in [1.807, 2.05) is 12.1 Å². The van der Waals surface area contributed by atoms with Crippen LogP contribution >= 0.6 is 0 Å². The fraction of sp³-hybridized carbons (Fsp3) is 0.154. The second-order valence-electron chi connectivity index (χ2n) is 3.84. The van der Waals surface area contributed by atoms with E-state index in [-0.39, 0.29) is 5.56 Å². The number of fused-ring (bicyclic) bond motifs is 1. The minimum atomic E-state index is -3.34. The molecule has 2 aromatic carbocycles. The van der Waals surface area contributed by atoms with Crippen molar-refractivity contribution in [3.8, 4) is 0 Å². The van der Waals surface area contributed by atoms with Crippen LogP contribution < -0.4 is 0 Å². The summed E-state index contributed by atoms with van der Waals surface area (Å²) in [5, 5.41) is 9.97. The fourth-order valence-corrected chi connectivity index (χ4v) is 1.71. The second-order valence-corrected chi connectivity index (χ2v) is 3.84. The van der Waals surface area contributed by atoms with E-state index < -0.39 is 18.3 Å². The molecule has 1 N–H and O–H groups in total. The van der Waals surface area contributed by atoms with Crippen molar-refractivity contribution in [1.82, 2.24) is 0 Å². The number of halogens is 2. The minimum Gasteiger partial charge on any atom is -0.481 e. The Balaban J connectivity index is 2.45. The predicted octanol–water partition coefficient (Wildman–Crippen LogP) is 3.41. The minimum absolute atomic E-state index is 0.265. The van der Waals surface area contributed by atoms with Gasteiger partial charge in [0.1, 0.15) is 6.42 Å². The highest BCUT2D eigenvalue weighted by Crippen LogP contribution is 2.33. The third-order valence-corrected chi connectivity index (χ3v) is 2.55. The van der Waals surface area contributed by atoms with Gasteiger partial charge in [0.2, 0.25) is 0 Å². The van der Waals surface area contributed by atoms with E-state index in [1.54, 1.807) is 18.2 Å². The lowest BCUT2D eigenvalue weighted by Crippen LogP contribution is -2.18. The van der Waals surface area contributed by atoms with Crippen molar-refractivity contribution in [2.75, 3.05) is 0 Å². The molecule has 0 aliphatic carbocycles.